The lowest BCUT2D eigenvalue weighted by Gasteiger charge is -2.28. The molecule has 0 aromatic carbocycles. The maximum Gasteiger partial charge on any atom is 0.407 e. The van der Waals surface area contributed by atoms with Crippen molar-refractivity contribution in [2.24, 2.45) is 5.41 Å². The van der Waals surface area contributed by atoms with Crippen molar-refractivity contribution in [3.63, 3.8) is 0 Å². The Bertz CT molecular complexity index is 314. The minimum absolute atomic E-state index is 0.0221. The molecule has 0 aliphatic carbocycles. The molecular weight excluding hydrogens is 244 g/mol. The Labute approximate surface area is 116 Å². The van der Waals surface area contributed by atoms with Crippen molar-refractivity contribution in [2.45, 2.75) is 66.5 Å². The molecule has 0 radical (unpaired) electrons. The molecule has 0 heterocycles. The molecule has 1 unspecified atom stereocenters. The molecule has 0 aromatic heterocycles. The lowest BCUT2D eigenvalue weighted by Crippen LogP contribution is -2.42. The fraction of sp³-hybridized carbons (Fsp3) is 0.857. The van der Waals surface area contributed by atoms with Gasteiger partial charge in [-0.3, -0.25) is 4.79 Å². The predicted molar refractivity (Wildman–Crippen MR) is 75.9 cm³/mol. The van der Waals surface area contributed by atoms with Crippen LogP contribution in [0.25, 0.3) is 0 Å². The van der Waals surface area contributed by atoms with Gasteiger partial charge in [0.15, 0.2) is 0 Å². The first-order chi connectivity index (χ1) is 8.42. The van der Waals surface area contributed by atoms with E-state index in [1.807, 2.05) is 6.92 Å². The first-order valence-electron chi connectivity index (χ1n) is 6.68. The molecule has 0 saturated heterocycles. The molecule has 0 spiro atoms. The van der Waals surface area contributed by atoms with E-state index in [0.717, 1.165) is 0 Å². The number of carbonyl (C=O) groups excluding carboxylic acids is 2. The van der Waals surface area contributed by atoms with Crippen LogP contribution >= 0.6 is 0 Å². The summed E-state index contributed by atoms with van der Waals surface area (Å²) >= 11 is 0. The molecule has 0 aromatic rings. The molecule has 5 heteroatoms. The molecule has 0 rings (SSSR count). The molecule has 0 saturated carbocycles. The second-order valence-electron chi connectivity index (χ2n) is 6.83. The molecule has 1 atom stereocenters. The van der Waals surface area contributed by atoms with Crippen LogP contribution in [0.4, 0.5) is 4.79 Å². The lowest BCUT2D eigenvalue weighted by molar-refractivity contribution is -0.122. The summed E-state index contributed by atoms with van der Waals surface area (Å²) in [5.74, 6) is -0.0708. The van der Waals surface area contributed by atoms with Crippen LogP contribution in [-0.4, -0.2) is 30.2 Å². The summed E-state index contributed by atoms with van der Waals surface area (Å²) in [4.78, 5) is 23.0. The number of hydrogen-bond acceptors (Lipinski definition) is 3. The van der Waals surface area contributed by atoms with Crippen LogP contribution in [0.3, 0.4) is 0 Å². The number of amides is 2. The molecule has 19 heavy (non-hydrogen) atoms. The van der Waals surface area contributed by atoms with E-state index in [1.54, 1.807) is 20.8 Å². The molecule has 0 fully saturated rings. The smallest absolute Gasteiger partial charge is 0.407 e. The third-order valence-corrected chi connectivity index (χ3v) is 2.70. The van der Waals surface area contributed by atoms with E-state index in [1.165, 1.54) is 0 Å². The van der Waals surface area contributed by atoms with E-state index >= 15 is 0 Å². The highest BCUT2D eigenvalue weighted by Gasteiger charge is 2.21. The molecule has 5 nitrogen and oxygen atoms in total. The maximum absolute atomic E-state index is 11.7. The highest BCUT2D eigenvalue weighted by Crippen LogP contribution is 2.18. The topological polar surface area (TPSA) is 67.4 Å². The summed E-state index contributed by atoms with van der Waals surface area (Å²) in [6.45, 7) is 13.8. The van der Waals surface area contributed by atoms with Crippen molar-refractivity contribution in [1.29, 1.82) is 0 Å². The van der Waals surface area contributed by atoms with Crippen molar-refractivity contribution in [1.82, 2.24) is 10.6 Å². The van der Waals surface area contributed by atoms with Gasteiger partial charge in [-0.1, -0.05) is 20.8 Å². The normalized spacial score (nSPS) is 13.6. The van der Waals surface area contributed by atoms with Gasteiger partial charge in [0.2, 0.25) is 5.91 Å². The van der Waals surface area contributed by atoms with Gasteiger partial charge in [-0.05, 0) is 33.1 Å². The summed E-state index contributed by atoms with van der Waals surface area (Å²) < 4.78 is 5.07. The number of ether oxygens (including phenoxy) is 1. The van der Waals surface area contributed by atoms with Crippen molar-refractivity contribution in [3.8, 4) is 0 Å². The average Bonchev–Trinajstić information content (AvgIpc) is 2.12. The van der Waals surface area contributed by atoms with Gasteiger partial charge in [0.05, 0.1) is 0 Å². The van der Waals surface area contributed by atoms with Gasteiger partial charge in [0, 0.05) is 19.0 Å². The molecule has 2 amide bonds. The average molecular weight is 272 g/mol. The van der Waals surface area contributed by atoms with Crippen molar-refractivity contribution >= 4 is 12.0 Å². The third-order valence-electron chi connectivity index (χ3n) is 2.70. The number of nitrogens with one attached hydrogen (secondary N) is 2. The number of rotatable bonds is 4. The SMILES string of the molecule is CC(NC(=O)CCNC(=O)OC(C)(C)C)C(C)(C)C. The highest BCUT2D eigenvalue weighted by molar-refractivity contribution is 5.77. The van der Waals surface area contributed by atoms with Crippen molar-refractivity contribution < 1.29 is 14.3 Å². The Morgan fingerprint density at radius 2 is 1.63 bits per heavy atom. The Morgan fingerprint density at radius 3 is 2.05 bits per heavy atom. The van der Waals surface area contributed by atoms with E-state index in [9.17, 15) is 9.59 Å². The Balaban J connectivity index is 3.90. The fourth-order valence-corrected chi connectivity index (χ4v) is 1.12. The van der Waals surface area contributed by atoms with Gasteiger partial charge >= 0.3 is 6.09 Å². The second kappa shape index (κ2) is 6.78. The van der Waals surface area contributed by atoms with Crippen LogP contribution in [0.2, 0.25) is 0 Å². The van der Waals surface area contributed by atoms with E-state index in [4.69, 9.17) is 4.74 Å². The fourth-order valence-electron chi connectivity index (χ4n) is 1.12. The van der Waals surface area contributed by atoms with Gasteiger partial charge in [0.1, 0.15) is 5.60 Å². The van der Waals surface area contributed by atoms with Crippen LogP contribution in [0, 0.1) is 5.41 Å². The van der Waals surface area contributed by atoms with Crippen molar-refractivity contribution in [2.75, 3.05) is 6.54 Å². The van der Waals surface area contributed by atoms with Crippen molar-refractivity contribution in [3.05, 3.63) is 0 Å². The summed E-state index contributed by atoms with van der Waals surface area (Å²) in [7, 11) is 0. The largest absolute Gasteiger partial charge is 0.444 e. The summed E-state index contributed by atoms with van der Waals surface area (Å²) in [5.41, 5.74) is -0.499. The zero-order valence-electron chi connectivity index (χ0n) is 13.2. The van der Waals surface area contributed by atoms with Gasteiger partial charge in [-0.25, -0.2) is 4.79 Å². The van der Waals surface area contributed by atoms with E-state index in [0.29, 0.717) is 0 Å². The van der Waals surface area contributed by atoms with Gasteiger partial charge in [-0.15, -0.1) is 0 Å². The summed E-state index contributed by atoms with van der Waals surface area (Å²) in [5, 5.41) is 5.47. The molecule has 0 aliphatic heterocycles. The number of hydrogen-bond donors (Lipinski definition) is 2. The molecular formula is C14H28N2O3. The third kappa shape index (κ3) is 9.33. The van der Waals surface area contributed by atoms with E-state index < -0.39 is 11.7 Å². The summed E-state index contributed by atoms with van der Waals surface area (Å²) in [6, 6.07) is 0.0847. The van der Waals surface area contributed by atoms with Gasteiger partial charge < -0.3 is 15.4 Å². The first kappa shape index (κ1) is 17.7. The van der Waals surface area contributed by atoms with Gasteiger partial charge in [0.25, 0.3) is 0 Å². The molecule has 2 N–H and O–H groups in total. The minimum Gasteiger partial charge on any atom is -0.444 e. The zero-order valence-corrected chi connectivity index (χ0v) is 13.2. The lowest BCUT2D eigenvalue weighted by atomic mass is 9.88. The Kier molecular flexibility index (Phi) is 6.33. The first-order valence-corrected chi connectivity index (χ1v) is 6.68. The Morgan fingerprint density at radius 1 is 1.11 bits per heavy atom. The second-order valence-corrected chi connectivity index (χ2v) is 6.83. The zero-order chi connectivity index (χ0) is 15.3. The quantitative estimate of drug-likeness (QED) is 0.826. The number of carbonyl (C=O) groups is 2. The standard InChI is InChI=1S/C14H28N2O3/c1-10(13(2,3)4)16-11(17)8-9-15-12(18)19-14(5,6)7/h10H,8-9H2,1-7H3,(H,15,18)(H,16,17). The minimum atomic E-state index is -0.521. The summed E-state index contributed by atoms with van der Waals surface area (Å²) in [6.07, 6.45) is -0.246. The molecule has 112 valence electrons. The maximum atomic E-state index is 11.7. The highest BCUT2D eigenvalue weighted by atomic mass is 16.6. The Hall–Kier alpha value is -1.26. The van der Waals surface area contributed by atoms with Crippen LogP contribution < -0.4 is 10.6 Å². The number of alkyl carbamates (subject to hydrolysis) is 1. The van der Waals surface area contributed by atoms with E-state index in [2.05, 4.69) is 31.4 Å². The van der Waals surface area contributed by atoms with Crippen LogP contribution in [0.15, 0.2) is 0 Å². The van der Waals surface area contributed by atoms with Crippen LogP contribution in [-0.2, 0) is 9.53 Å². The van der Waals surface area contributed by atoms with Gasteiger partial charge in [-0.2, -0.15) is 0 Å². The molecule has 0 aliphatic rings. The van der Waals surface area contributed by atoms with E-state index in [-0.39, 0.29) is 30.3 Å². The van der Waals surface area contributed by atoms with Crippen LogP contribution in [0.5, 0.6) is 0 Å². The molecule has 0 bridgehead atoms. The predicted octanol–water partition coefficient (Wildman–Crippen LogP) is 2.45. The van der Waals surface area contributed by atoms with Crippen LogP contribution in [0.1, 0.15) is 54.9 Å². The monoisotopic (exact) mass is 272 g/mol.